The SMILES string of the molecule is Br.C[C@H](NC1CCCCC1C(=O)O)c1ccccc1. The number of carbonyl (C=O) groups is 1. The van der Waals surface area contributed by atoms with Crippen molar-refractivity contribution < 1.29 is 9.90 Å². The third kappa shape index (κ3) is 4.32. The normalized spacial score (nSPS) is 24.3. The Morgan fingerprint density at radius 3 is 2.53 bits per heavy atom. The first-order chi connectivity index (χ1) is 8.68. The molecule has 0 bridgehead atoms. The monoisotopic (exact) mass is 327 g/mol. The Hall–Kier alpha value is -0.870. The Labute approximate surface area is 125 Å². The maximum atomic E-state index is 11.2. The van der Waals surface area contributed by atoms with Crippen molar-refractivity contribution in [3.05, 3.63) is 35.9 Å². The van der Waals surface area contributed by atoms with E-state index in [1.165, 1.54) is 5.56 Å². The van der Waals surface area contributed by atoms with Crippen LogP contribution in [-0.4, -0.2) is 17.1 Å². The lowest BCUT2D eigenvalue weighted by atomic mass is 9.84. The molecule has 1 aliphatic carbocycles. The number of benzene rings is 1. The number of carboxylic acid groups (broad SMARTS) is 1. The molecule has 0 radical (unpaired) electrons. The van der Waals surface area contributed by atoms with E-state index in [9.17, 15) is 9.90 Å². The molecule has 0 aliphatic heterocycles. The van der Waals surface area contributed by atoms with Crippen molar-refractivity contribution in [2.45, 2.75) is 44.7 Å². The second kappa shape index (κ2) is 7.65. The molecule has 2 N–H and O–H groups in total. The van der Waals surface area contributed by atoms with Crippen molar-refractivity contribution in [3.8, 4) is 0 Å². The Balaban J connectivity index is 0.00000180. The molecule has 0 heterocycles. The van der Waals surface area contributed by atoms with Gasteiger partial charge in [0.25, 0.3) is 0 Å². The number of halogens is 1. The van der Waals surface area contributed by atoms with E-state index in [0.29, 0.717) is 0 Å². The van der Waals surface area contributed by atoms with Crippen LogP contribution < -0.4 is 5.32 Å². The molecule has 4 heteroatoms. The predicted molar refractivity (Wildman–Crippen MR) is 81.7 cm³/mol. The van der Waals surface area contributed by atoms with Crippen molar-refractivity contribution in [2.75, 3.05) is 0 Å². The molecule has 1 saturated carbocycles. The summed E-state index contributed by atoms with van der Waals surface area (Å²) in [6.07, 6.45) is 3.93. The zero-order chi connectivity index (χ0) is 13.0. The van der Waals surface area contributed by atoms with E-state index in [4.69, 9.17) is 0 Å². The molecular weight excluding hydrogens is 306 g/mol. The Bertz CT molecular complexity index is 396. The molecule has 0 spiro atoms. The number of hydrogen-bond acceptors (Lipinski definition) is 2. The van der Waals surface area contributed by atoms with E-state index >= 15 is 0 Å². The van der Waals surface area contributed by atoms with E-state index in [1.54, 1.807) is 0 Å². The molecule has 2 rings (SSSR count). The standard InChI is InChI=1S/C15H21NO2.BrH/c1-11(12-7-3-2-4-8-12)16-14-10-6-5-9-13(14)15(17)18;/h2-4,7-8,11,13-14,16H,5-6,9-10H2,1H3,(H,17,18);1H/t11-,13?,14?;/m0./s1. The smallest absolute Gasteiger partial charge is 0.308 e. The summed E-state index contributed by atoms with van der Waals surface area (Å²) >= 11 is 0. The molecule has 3 nitrogen and oxygen atoms in total. The average Bonchev–Trinajstić information content (AvgIpc) is 2.40. The van der Waals surface area contributed by atoms with Crippen LogP contribution in [0.15, 0.2) is 30.3 Å². The van der Waals surface area contributed by atoms with Crippen LogP contribution in [0.25, 0.3) is 0 Å². The highest BCUT2D eigenvalue weighted by molar-refractivity contribution is 8.93. The van der Waals surface area contributed by atoms with Crippen LogP contribution in [0.2, 0.25) is 0 Å². The first-order valence-corrected chi connectivity index (χ1v) is 6.72. The van der Waals surface area contributed by atoms with Crippen LogP contribution in [0.5, 0.6) is 0 Å². The summed E-state index contributed by atoms with van der Waals surface area (Å²) in [6.45, 7) is 2.10. The van der Waals surface area contributed by atoms with Crippen molar-refractivity contribution in [1.82, 2.24) is 5.32 Å². The van der Waals surface area contributed by atoms with Gasteiger partial charge in [-0.1, -0.05) is 43.2 Å². The third-order valence-electron chi connectivity index (χ3n) is 3.85. The molecule has 1 aliphatic rings. The van der Waals surface area contributed by atoms with E-state index in [0.717, 1.165) is 25.7 Å². The summed E-state index contributed by atoms with van der Waals surface area (Å²) in [5.41, 5.74) is 1.22. The van der Waals surface area contributed by atoms with Gasteiger partial charge in [-0.3, -0.25) is 4.79 Å². The first kappa shape index (κ1) is 16.2. The summed E-state index contributed by atoms with van der Waals surface area (Å²) < 4.78 is 0. The van der Waals surface area contributed by atoms with E-state index in [2.05, 4.69) is 24.4 Å². The van der Waals surface area contributed by atoms with Crippen LogP contribution in [0.3, 0.4) is 0 Å². The van der Waals surface area contributed by atoms with Gasteiger partial charge in [-0.05, 0) is 25.3 Å². The molecule has 19 heavy (non-hydrogen) atoms. The van der Waals surface area contributed by atoms with Crippen molar-refractivity contribution >= 4 is 23.0 Å². The minimum Gasteiger partial charge on any atom is -0.481 e. The Morgan fingerprint density at radius 2 is 1.89 bits per heavy atom. The molecule has 2 unspecified atom stereocenters. The largest absolute Gasteiger partial charge is 0.481 e. The summed E-state index contributed by atoms with van der Waals surface area (Å²) in [5, 5.41) is 12.7. The van der Waals surface area contributed by atoms with Crippen molar-refractivity contribution in [2.24, 2.45) is 5.92 Å². The zero-order valence-electron chi connectivity index (χ0n) is 11.2. The van der Waals surface area contributed by atoms with Gasteiger partial charge in [0.1, 0.15) is 0 Å². The van der Waals surface area contributed by atoms with Gasteiger partial charge in [-0.25, -0.2) is 0 Å². The minimum atomic E-state index is -0.660. The van der Waals surface area contributed by atoms with E-state index < -0.39 is 5.97 Å². The maximum Gasteiger partial charge on any atom is 0.308 e. The third-order valence-corrected chi connectivity index (χ3v) is 3.85. The minimum absolute atomic E-state index is 0. The molecule has 106 valence electrons. The van der Waals surface area contributed by atoms with E-state index in [1.807, 2.05) is 18.2 Å². The highest BCUT2D eigenvalue weighted by atomic mass is 79.9. The second-order valence-electron chi connectivity index (χ2n) is 5.13. The molecule has 0 amide bonds. The lowest BCUT2D eigenvalue weighted by Crippen LogP contribution is -2.43. The summed E-state index contributed by atoms with van der Waals surface area (Å²) in [4.78, 5) is 11.2. The van der Waals surface area contributed by atoms with Gasteiger partial charge in [0.15, 0.2) is 0 Å². The number of carboxylic acids is 1. The highest BCUT2D eigenvalue weighted by Crippen LogP contribution is 2.27. The van der Waals surface area contributed by atoms with Crippen LogP contribution in [0.1, 0.15) is 44.2 Å². The predicted octanol–water partition coefficient (Wildman–Crippen LogP) is 3.56. The van der Waals surface area contributed by atoms with Crippen LogP contribution in [0.4, 0.5) is 0 Å². The van der Waals surface area contributed by atoms with Crippen LogP contribution in [0, 0.1) is 5.92 Å². The molecule has 0 aromatic heterocycles. The average molecular weight is 328 g/mol. The van der Waals surface area contributed by atoms with Gasteiger partial charge in [0, 0.05) is 12.1 Å². The van der Waals surface area contributed by atoms with Gasteiger partial charge in [0.05, 0.1) is 5.92 Å². The van der Waals surface area contributed by atoms with Gasteiger partial charge in [0.2, 0.25) is 0 Å². The molecule has 1 aromatic rings. The van der Waals surface area contributed by atoms with Gasteiger partial charge in [-0.2, -0.15) is 0 Å². The lowest BCUT2D eigenvalue weighted by Gasteiger charge is -2.32. The van der Waals surface area contributed by atoms with Gasteiger partial charge >= 0.3 is 5.97 Å². The summed E-state index contributed by atoms with van der Waals surface area (Å²) in [5.74, 6) is -0.891. The van der Waals surface area contributed by atoms with Crippen molar-refractivity contribution in [1.29, 1.82) is 0 Å². The quantitative estimate of drug-likeness (QED) is 0.888. The Morgan fingerprint density at radius 1 is 1.26 bits per heavy atom. The number of rotatable bonds is 4. The molecule has 1 aromatic carbocycles. The lowest BCUT2D eigenvalue weighted by molar-refractivity contribution is -0.143. The fourth-order valence-electron chi connectivity index (χ4n) is 2.78. The summed E-state index contributed by atoms with van der Waals surface area (Å²) in [7, 11) is 0. The summed E-state index contributed by atoms with van der Waals surface area (Å²) in [6, 6.07) is 10.5. The zero-order valence-corrected chi connectivity index (χ0v) is 12.9. The Kier molecular flexibility index (Phi) is 6.52. The van der Waals surface area contributed by atoms with Crippen molar-refractivity contribution in [3.63, 3.8) is 0 Å². The first-order valence-electron chi connectivity index (χ1n) is 6.72. The number of hydrogen-bond donors (Lipinski definition) is 2. The maximum absolute atomic E-state index is 11.2. The van der Waals surface area contributed by atoms with Gasteiger partial charge < -0.3 is 10.4 Å². The second-order valence-corrected chi connectivity index (χ2v) is 5.13. The topological polar surface area (TPSA) is 49.3 Å². The molecule has 1 fully saturated rings. The highest BCUT2D eigenvalue weighted by Gasteiger charge is 2.31. The van der Waals surface area contributed by atoms with E-state index in [-0.39, 0.29) is 35.0 Å². The fraction of sp³-hybridized carbons (Fsp3) is 0.533. The number of aliphatic carboxylic acids is 1. The number of nitrogens with one attached hydrogen (secondary N) is 1. The van der Waals surface area contributed by atoms with Gasteiger partial charge in [-0.15, -0.1) is 17.0 Å². The molecule has 0 saturated heterocycles. The van der Waals surface area contributed by atoms with Crippen LogP contribution >= 0.6 is 17.0 Å². The molecular formula is C15H22BrNO2. The molecule has 3 atom stereocenters. The van der Waals surface area contributed by atoms with Crippen LogP contribution in [-0.2, 0) is 4.79 Å². The fourth-order valence-corrected chi connectivity index (χ4v) is 2.78.